The summed E-state index contributed by atoms with van der Waals surface area (Å²) in [4.78, 5) is 11.8. The van der Waals surface area contributed by atoms with Gasteiger partial charge in [0.05, 0.1) is 18.3 Å². The Bertz CT molecular complexity index is 542. The van der Waals surface area contributed by atoms with Gasteiger partial charge in [-0.3, -0.25) is 9.48 Å². The Balaban J connectivity index is 1.93. The maximum absolute atomic E-state index is 11.8. The van der Waals surface area contributed by atoms with Crippen LogP contribution >= 0.6 is 11.6 Å². The smallest absolute Gasteiger partial charge is 0.255 e. The molecular weight excluding hydrogens is 256 g/mol. The number of halogens is 1. The van der Waals surface area contributed by atoms with Gasteiger partial charge in [-0.15, -0.1) is 5.10 Å². The van der Waals surface area contributed by atoms with Crippen molar-refractivity contribution in [3.63, 3.8) is 0 Å². The zero-order valence-corrected chi connectivity index (χ0v) is 10.1. The lowest BCUT2D eigenvalue weighted by Gasteiger charge is -2.07. The van der Waals surface area contributed by atoms with Crippen molar-refractivity contribution in [2.24, 2.45) is 0 Å². The summed E-state index contributed by atoms with van der Waals surface area (Å²) in [7, 11) is 0. The first-order valence-corrected chi connectivity index (χ1v) is 5.65. The largest absolute Gasteiger partial charge is 0.507 e. The van der Waals surface area contributed by atoms with Crippen LogP contribution in [0, 0.1) is 0 Å². The average molecular weight is 267 g/mol. The molecule has 2 aromatic rings. The molecule has 0 bridgehead atoms. The van der Waals surface area contributed by atoms with E-state index in [-0.39, 0.29) is 17.2 Å². The molecule has 94 valence electrons. The average Bonchev–Trinajstić information content (AvgIpc) is 2.85. The number of carbonyl (C=O) groups excluding carboxylic acids is 1. The molecule has 1 heterocycles. The molecule has 0 aliphatic rings. The lowest BCUT2D eigenvalue weighted by molar-refractivity contribution is 0.0949. The van der Waals surface area contributed by atoms with Gasteiger partial charge in [-0.2, -0.15) is 0 Å². The molecule has 0 fully saturated rings. The lowest BCUT2D eigenvalue weighted by atomic mass is 10.2. The number of amides is 1. The quantitative estimate of drug-likeness (QED) is 0.867. The van der Waals surface area contributed by atoms with E-state index in [2.05, 4.69) is 15.6 Å². The summed E-state index contributed by atoms with van der Waals surface area (Å²) in [6.07, 6.45) is 3.26. The molecule has 0 radical (unpaired) electrons. The van der Waals surface area contributed by atoms with Crippen molar-refractivity contribution in [3.05, 3.63) is 41.2 Å². The summed E-state index contributed by atoms with van der Waals surface area (Å²) in [5, 5.41) is 20.0. The molecule has 2 rings (SSSR count). The molecule has 0 aliphatic carbocycles. The first-order chi connectivity index (χ1) is 8.66. The summed E-state index contributed by atoms with van der Waals surface area (Å²) in [5.41, 5.74) is 0.154. The number of phenolic OH excluding ortho intramolecular Hbond substituents is 1. The van der Waals surface area contributed by atoms with Crippen molar-refractivity contribution >= 4 is 17.5 Å². The van der Waals surface area contributed by atoms with Gasteiger partial charge in [0.2, 0.25) is 0 Å². The minimum atomic E-state index is -0.380. The van der Waals surface area contributed by atoms with Gasteiger partial charge in [0.25, 0.3) is 5.91 Å². The van der Waals surface area contributed by atoms with Crippen LogP contribution < -0.4 is 5.32 Å². The second-order valence-corrected chi connectivity index (χ2v) is 4.02. The zero-order valence-electron chi connectivity index (χ0n) is 9.38. The van der Waals surface area contributed by atoms with Crippen LogP contribution in [0.3, 0.4) is 0 Å². The summed E-state index contributed by atoms with van der Waals surface area (Å²) in [5.74, 6) is -0.479. The highest BCUT2D eigenvalue weighted by molar-refractivity contribution is 6.31. The highest BCUT2D eigenvalue weighted by Crippen LogP contribution is 2.21. The maximum Gasteiger partial charge on any atom is 0.255 e. The van der Waals surface area contributed by atoms with Crippen LogP contribution in [0.4, 0.5) is 0 Å². The Morgan fingerprint density at radius 3 is 3.06 bits per heavy atom. The van der Waals surface area contributed by atoms with Gasteiger partial charge in [-0.1, -0.05) is 16.8 Å². The van der Waals surface area contributed by atoms with Crippen molar-refractivity contribution in [3.8, 4) is 5.75 Å². The van der Waals surface area contributed by atoms with E-state index < -0.39 is 0 Å². The molecule has 6 nitrogen and oxygen atoms in total. The third-order valence-corrected chi connectivity index (χ3v) is 2.54. The van der Waals surface area contributed by atoms with Crippen molar-refractivity contribution < 1.29 is 9.90 Å². The number of nitrogens with zero attached hydrogens (tertiary/aromatic N) is 3. The molecule has 1 amide bonds. The van der Waals surface area contributed by atoms with Crippen LogP contribution in [-0.2, 0) is 6.54 Å². The van der Waals surface area contributed by atoms with E-state index in [1.165, 1.54) is 18.2 Å². The molecule has 0 saturated heterocycles. The number of hydrogen-bond donors (Lipinski definition) is 2. The summed E-state index contributed by atoms with van der Waals surface area (Å²) < 4.78 is 1.60. The van der Waals surface area contributed by atoms with Crippen LogP contribution in [0.15, 0.2) is 30.6 Å². The van der Waals surface area contributed by atoms with Crippen LogP contribution in [0.5, 0.6) is 5.75 Å². The molecule has 0 atom stereocenters. The summed E-state index contributed by atoms with van der Waals surface area (Å²) in [6, 6.07) is 4.32. The van der Waals surface area contributed by atoms with Gasteiger partial charge < -0.3 is 10.4 Å². The van der Waals surface area contributed by atoms with Gasteiger partial charge in [-0.25, -0.2) is 0 Å². The van der Waals surface area contributed by atoms with Gasteiger partial charge in [0, 0.05) is 17.8 Å². The molecular formula is C11H11ClN4O2. The number of phenols is 1. The standard InChI is InChI=1S/C11H11ClN4O2/c12-8-1-2-10(17)9(7-8)11(18)13-3-5-16-6-4-14-15-16/h1-2,4,6-7,17H,3,5H2,(H,13,18). The molecule has 0 saturated carbocycles. The fourth-order valence-electron chi connectivity index (χ4n) is 1.42. The summed E-state index contributed by atoms with van der Waals surface area (Å²) >= 11 is 5.76. The molecule has 2 N–H and O–H groups in total. The van der Waals surface area contributed by atoms with E-state index >= 15 is 0 Å². The number of aromatic nitrogens is 3. The Labute approximate surface area is 108 Å². The number of carbonyl (C=O) groups is 1. The fourth-order valence-corrected chi connectivity index (χ4v) is 1.59. The van der Waals surface area contributed by atoms with Crippen molar-refractivity contribution in [2.75, 3.05) is 6.54 Å². The van der Waals surface area contributed by atoms with E-state index in [1.54, 1.807) is 17.1 Å². The number of benzene rings is 1. The molecule has 1 aromatic carbocycles. The SMILES string of the molecule is O=C(NCCn1ccnn1)c1cc(Cl)ccc1O. The lowest BCUT2D eigenvalue weighted by Crippen LogP contribution is -2.27. The first kappa shape index (κ1) is 12.4. The molecule has 0 spiro atoms. The number of rotatable bonds is 4. The third-order valence-electron chi connectivity index (χ3n) is 2.30. The minimum Gasteiger partial charge on any atom is -0.507 e. The van der Waals surface area contributed by atoms with E-state index in [0.29, 0.717) is 18.1 Å². The molecule has 1 aromatic heterocycles. The third kappa shape index (κ3) is 2.98. The van der Waals surface area contributed by atoms with Crippen LogP contribution in [0.1, 0.15) is 10.4 Å². The van der Waals surface area contributed by atoms with Gasteiger partial charge in [0.1, 0.15) is 5.75 Å². The maximum atomic E-state index is 11.8. The Kier molecular flexibility index (Phi) is 3.78. The van der Waals surface area contributed by atoms with Crippen molar-refractivity contribution in [2.45, 2.75) is 6.54 Å². The van der Waals surface area contributed by atoms with Gasteiger partial charge >= 0.3 is 0 Å². The second-order valence-electron chi connectivity index (χ2n) is 3.58. The Hall–Kier alpha value is -2.08. The Morgan fingerprint density at radius 2 is 2.33 bits per heavy atom. The molecule has 7 heteroatoms. The van der Waals surface area contributed by atoms with Gasteiger partial charge in [-0.05, 0) is 18.2 Å². The fraction of sp³-hybridized carbons (Fsp3) is 0.182. The first-order valence-electron chi connectivity index (χ1n) is 5.27. The molecule has 0 aliphatic heterocycles. The highest BCUT2D eigenvalue weighted by Gasteiger charge is 2.10. The zero-order chi connectivity index (χ0) is 13.0. The normalized spacial score (nSPS) is 10.3. The molecule has 0 unspecified atom stereocenters. The number of nitrogens with one attached hydrogen (secondary N) is 1. The van der Waals surface area contributed by atoms with Crippen LogP contribution in [0.2, 0.25) is 5.02 Å². The minimum absolute atomic E-state index is 0.0994. The predicted octanol–water partition coefficient (Wildman–Crippen LogP) is 1.07. The van der Waals surface area contributed by atoms with E-state index in [4.69, 9.17) is 11.6 Å². The van der Waals surface area contributed by atoms with Gasteiger partial charge in [0.15, 0.2) is 0 Å². The predicted molar refractivity (Wildman–Crippen MR) is 65.5 cm³/mol. The highest BCUT2D eigenvalue weighted by atomic mass is 35.5. The van der Waals surface area contributed by atoms with Crippen molar-refractivity contribution in [1.82, 2.24) is 20.3 Å². The number of aromatic hydroxyl groups is 1. The Morgan fingerprint density at radius 1 is 1.50 bits per heavy atom. The van der Waals surface area contributed by atoms with Crippen molar-refractivity contribution in [1.29, 1.82) is 0 Å². The van der Waals surface area contributed by atoms with E-state index in [0.717, 1.165) is 0 Å². The monoisotopic (exact) mass is 266 g/mol. The van der Waals surface area contributed by atoms with E-state index in [1.807, 2.05) is 0 Å². The second kappa shape index (κ2) is 5.50. The van der Waals surface area contributed by atoms with E-state index in [9.17, 15) is 9.90 Å². The van der Waals surface area contributed by atoms with Crippen LogP contribution in [-0.4, -0.2) is 32.6 Å². The topological polar surface area (TPSA) is 80.0 Å². The summed E-state index contributed by atoms with van der Waals surface area (Å²) in [6.45, 7) is 0.890. The number of hydrogen-bond acceptors (Lipinski definition) is 4. The molecule has 18 heavy (non-hydrogen) atoms. The van der Waals surface area contributed by atoms with Crippen LogP contribution in [0.25, 0.3) is 0 Å².